The first kappa shape index (κ1) is 19.5. The number of benzene rings is 2. The smallest absolute Gasteiger partial charge is 0.399 e. The molecule has 2 aromatic carbocycles. The second-order valence-corrected chi connectivity index (χ2v) is 6.41. The van der Waals surface area contributed by atoms with Crippen LogP contribution in [-0.4, -0.2) is 10.9 Å². The lowest BCUT2D eigenvalue weighted by molar-refractivity contribution is 0.0934. The zero-order valence-electron chi connectivity index (χ0n) is 15.8. The lowest BCUT2D eigenvalue weighted by atomic mass is 10.1. The summed E-state index contributed by atoms with van der Waals surface area (Å²) in [4.78, 5) is 16.4. The first-order valence-electron chi connectivity index (χ1n) is 8.86. The van der Waals surface area contributed by atoms with Crippen LogP contribution in [0, 0.1) is 18.6 Å². The highest BCUT2D eigenvalue weighted by molar-refractivity contribution is 5.92. The number of hydrogen-bond donors (Lipinski definition) is 1. The fourth-order valence-corrected chi connectivity index (χ4v) is 2.61. The predicted molar refractivity (Wildman–Crippen MR) is 99.4 cm³/mol. The van der Waals surface area contributed by atoms with Gasteiger partial charge in [-0.3, -0.25) is 4.79 Å². The van der Waals surface area contributed by atoms with Gasteiger partial charge in [0.2, 0.25) is 0 Å². The summed E-state index contributed by atoms with van der Waals surface area (Å²) in [6.45, 7) is 5.00. The summed E-state index contributed by atoms with van der Waals surface area (Å²) >= 11 is 0. The molecule has 3 rings (SSSR count). The van der Waals surface area contributed by atoms with Crippen molar-refractivity contribution in [2.24, 2.45) is 0 Å². The third-order valence-corrected chi connectivity index (χ3v) is 4.38. The summed E-state index contributed by atoms with van der Waals surface area (Å²) in [6, 6.07) is 9.20. The van der Waals surface area contributed by atoms with Crippen molar-refractivity contribution >= 4 is 5.91 Å². The van der Waals surface area contributed by atoms with E-state index < -0.39 is 23.6 Å². The first-order valence-corrected chi connectivity index (χ1v) is 8.86. The van der Waals surface area contributed by atoms with Crippen LogP contribution in [0.3, 0.4) is 0 Å². The van der Waals surface area contributed by atoms with Crippen LogP contribution in [0.15, 0.2) is 47.1 Å². The molecule has 5 nitrogen and oxygen atoms in total. The Morgan fingerprint density at radius 1 is 1.25 bits per heavy atom. The van der Waals surface area contributed by atoms with Crippen LogP contribution >= 0.6 is 0 Å². The molecule has 0 radical (unpaired) electrons. The normalized spacial score (nSPS) is 11.9. The highest BCUT2D eigenvalue weighted by Gasteiger charge is 2.18. The number of nitrogens with zero attached hydrogens (tertiary/aromatic N) is 1. The zero-order chi connectivity index (χ0) is 20.3. The Balaban J connectivity index is 1.68. The number of carbonyl (C=O) groups is 1. The van der Waals surface area contributed by atoms with Crippen molar-refractivity contribution in [2.75, 3.05) is 0 Å². The molecular weight excluding hydrogens is 366 g/mol. The highest BCUT2D eigenvalue weighted by atomic mass is 19.1. The zero-order valence-corrected chi connectivity index (χ0v) is 15.8. The molecule has 0 saturated heterocycles. The molecule has 0 aliphatic heterocycles. The fraction of sp³-hybridized carbons (Fsp3) is 0.238. The summed E-state index contributed by atoms with van der Waals surface area (Å²) in [6.07, 6.45) is 1.95. The van der Waals surface area contributed by atoms with Crippen molar-refractivity contribution in [1.29, 1.82) is 0 Å². The molecule has 3 aromatic rings. The molecule has 0 saturated carbocycles. The molecule has 146 valence electrons. The molecule has 1 N–H and O–H groups in total. The molecule has 1 amide bonds. The summed E-state index contributed by atoms with van der Waals surface area (Å²) in [5.74, 6) is -1.33. The van der Waals surface area contributed by atoms with Crippen LogP contribution in [0.4, 0.5) is 8.78 Å². The van der Waals surface area contributed by atoms with Crippen molar-refractivity contribution < 1.29 is 22.7 Å². The van der Waals surface area contributed by atoms with Crippen molar-refractivity contribution in [3.8, 4) is 11.8 Å². The van der Waals surface area contributed by atoms with Gasteiger partial charge in [0, 0.05) is 5.56 Å². The Morgan fingerprint density at radius 3 is 2.64 bits per heavy atom. The number of carbonyl (C=O) groups excluding carboxylic acids is 1. The van der Waals surface area contributed by atoms with Gasteiger partial charge in [-0.05, 0) is 55.7 Å². The quantitative estimate of drug-likeness (QED) is 0.640. The molecular formula is C21H20F2N2O3. The number of ether oxygens (including phenoxy) is 1. The minimum Gasteiger partial charge on any atom is -0.416 e. The summed E-state index contributed by atoms with van der Waals surface area (Å²) in [5, 5.41) is 2.63. The second-order valence-electron chi connectivity index (χ2n) is 6.41. The molecule has 1 aromatic heterocycles. The lowest BCUT2D eigenvalue weighted by Gasteiger charge is -2.14. The van der Waals surface area contributed by atoms with E-state index in [0.717, 1.165) is 18.2 Å². The average molecular weight is 386 g/mol. The van der Waals surface area contributed by atoms with Crippen molar-refractivity contribution in [2.45, 2.75) is 33.2 Å². The third kappa shape index (κ3) is 4.36. The Labute approximate surface area is 161 Å². The van der Waals surface area contributed by atoms with E-state index in [9.17, 15) is 13.6 Å². The number of nitrogens with one attached hydrogen (secondary N) is 1. The molecule has 0 unspecified atom stereocenters. The van der Waals surface area contributed by atoms with Crippen molar-refractivity contribution in [3.05, 3.63) is 76.7 Å². The van der Waals surface area contributed by atoms with Crippen molar-refractivity contribution in [3.63, 3.8) is 0 Å². The largest absolute Gasteiger partial charge is 0.416 e. The molecule has 0 aliphatic carbocycles. The van der Waals surface area contributed by atoms with E-state index in [0.29, 0.717) is 11.3 Å². The standard InChI is InChI=1S/C21H20F2N2O3/c1-4-14-6-5-7-16(8-14)28-21-25-19(11-27-21)20(26)24-13(3)15-9-17(22)12(2)18(23)10-15/h5-11,13H,4H2,1-3H3,(H,24,26)/t13-/m1/s1. The van der Waals surface area contributed by atoms with Crippen LogP contribution in [-0.2, 0) is 6.42 Å². The van der Waals surface area contributed by atoms with Crippen LogP contribution in [0.1, 0.15) is 47.1 Å². The predicted octanol–water partition coefficient (Wildman–Crippen LogP) is 5.11. The fourth-order valence-electron chi connectivity index (χ4n) is 2.61. The number of aryl methyl sites for hydroxylation is 1. The number of oxazole rings is 1. The van der Waals surface area contributed by atoms with Gasteiger partial charge in [-0.1, -0.05) is 19.1 Å². The van der Waals surface area contributed by atoms with E-state index in [1.54, 1.807) is 13.0 Å². The van der Waals surface area contributed by atoms with Gasteiger partial charge in [0.25, 0.3) is 5.91 Å². The Morgan fingerprint density at radius 2 is 1.96 bits per heavy atom. The Bertz CT molecular complexity index is 978. The molecule has 0 bridgehead atoms. The Kier molecular flexibility index (Phi) is 5.73. The topological polar surface area (TPSA) is 64.4 Å². The average Bonchev–Trinajstić information content (AvgIpc) is 3.14. The molecule has 0 aliphatic rings. The first-order chi connectivity index (χ1) is 13.4. The van der Waals surface area contributed by atoms with Crippen LogP contribution in [0.5, 0.6) is 11.8 Å². The van der Waals surface area contributed by atoms with Crippen molar-refractivity contribution in [1.82, 2.24) is 10.3 Å². The summed E-state index contributed by atoms with van der Waals surface area (Å²) in [5.41, 5.74) is 1.34. The molecule has 1 heterocycles. The number of hydrogen-bond acceptors (Lipinski definition) is 4. The Hall–Kier alpha value is -3.22. The number of rotatable bonds is 6. The van der Waals surface area contributed by atoms with E-state index in [4.69, 9.17) is 9.15 Å². The summed E-state index contributed by atoms with van der Waals surface area (Å²) < 4.78 is 38.2. The number of amides is 1. The van der Waals surface area contributed by atoms with Gasteiger partial charge < -0.3 is 14.5 Å². The van der Waals surface area contributed by atoms with Gasteiger partial charge in [-0.15, -0.1) is 0 Å². The monoisotopic (exact) mass is 386 g/mol. The minimum absolute atomic E-state index is 0.00144. The van der Waals surface area contributed by atoms with E-state index in [1.807, 2.05) is 25.1 Å². The second kappa shape index (κ2) is 8.21. The number of aromatic nitrogens is 1. The highest BCUT2D eigenvalue weighted by Crippen LogP contribution is 2.23. The maximum absolute atomic E-state index is 13.7. The van der Waals surface area contributed by atoms with Gasteiger partial charge in [-0.2, -0.15) is 4.98 Å². The molecule has 0 spiro atoms. The SMILES string of the molecule is CCc1cccc(Oc2nc(C(=O)N[C@H](C)c3cc(F)c(C)c(F)c3)co2)c1. The van der Waals surface area contributed by atoms with Gasteiger partial charge in [0.05, 0.1) is 6.04 Å². The third-order valence-electron chi connectivity index (χ3n) is 4.38. The minimum atomic E-state index is -0.664. The van der Waals surface area contributed by atoms with Gasteiger partial charge in [0.1, 0.15) is 23.6 Å². The van der Waals surface area contributed by atoms with Crippen LogP contribution in [0.2, 0.25) is 0 Å². The summed E-state index contributed by atoms with van der Waals surface area (Å²) in [7, 11) is 0. The van der Waals surface area contributed by atoms with E-state index >= 15 is 0 Å². The lowest BCUT2D eigenvalue weighted by Crippen LogP contribution is -2.27. The van der Waals surface area contributed by atoms with E-state index in [2.05, 4.69) is 10.3 Å². The number of halogens is 2. The van der Waals surface area contributed by atoms with Crippen LogP contribution in [0.25, 0.3) is 0 Å². The van der Waals surface area contributed by atoms with Gasteiger partial charge in [0.15, 0.2) is 5.69 Å². The molecule has 7 heteroatoms. The van der Waals surface area contributed by atoms with Gasteiger partial charge >= 0.3 is 6.08 Å². The molecule has 1 atom stereocenters. The maximum Gasteiger partial charge on any atom is 0.399 e. The van der Waals surface area contributed by atoms with Crippen LogP contribution < -0.4 is 10.1 Å². The molecule has 28 heavy (non-hydrogen) atoms. The van der Waals surface area contributed by atoms with E-state index in [1.165, 1.54) is 19.1 Å². The van der Waals surface area contributed by atoms with E-state index in [-0.39, 0.29) is 17.3 Å². The van der Waals surface area contributed by atoms with Gasteiger partial charge in [-0.25, -0.2) is 8.78 Å². The maximum atomic E-state index is 13.7. The molecule has 0 fully saturated rings.